The molecule has 8 nitrogen and oxygen atoms in total. The van der Waals surface area contributed by atoms with Gasteiger partial charge < -0.3 is 11.1 Å². The zero-order chi connectivity index (χ0) is 24.4. The highest BCUT2D eigenvalue weighted by Crippen LogP contribution is 2.59. The molecule has 0 radical (unpaired) electrons. The van der Waals surface area contributed by atoms with Gasteiger partial charge in [0.05, 0.1) is 12.2 Å². The molecule has 3 N–H and O–H groups in total. The molecule has 1 aliphatic heterocycles. The number of rotatable bonds is 5. The molecule has 186 valence electrons. The molecule has 0 spiro atoms. The molecule has 1 aromatic carbocycles. The smallest absolute Gasteiger partial charge is 0.304 e. The lowest BCUT2D eigenvalue weighted by molar-refractivity contribution is -0.147. The van der Waals surface area contributed by atoms with E-state index >= 15 is 0 Å². The van der Waals surface area contributed by atoms with Crippen molar-refractivity contribution in [2.45, 2.75) is 45.1 Å². The first kappa shape index (κ1) is 24.6. The van der Waals surface area contributed by atoms with Crippen molar-refractivity contribution in [2.24, 2.45) is 34.8 Å². The van der Waals surface area contributed by atoms with Crippen molar-refractivity contribution in [3.63, 3.8) is 0 Å². The lowest BCUT2D eigenvalue weighted by Gasteiger charge is -2.58. The fourth-order valence-corrected chi connectivity index (χ4v) is 10.2. The van der Waals surface area contributed by atoms with Gasteiger partial charge in [0, 0.05) is 33.1 Å². The van der Waals surface area contributed by atoms with Gasteiger partial charge in [0.1, 0.15) is 0 Å². The molecule has 4 saturated carbocycles. The van der Waals surface area contributed by atoms with Gasteiger partial charge in [-0.3, -0.25) is 13.9 Å². The lowest BCUT2D eigenvalue weighted by atomic mass is 9.47. The number of hydrogen-bond donors (Lipinski definition) is 2. The number of carbonyl (C=O) groups excluding carboxylic acids is 2. The molecule has 1 aromatic rings. The van der Waals surface area contributed by atoms with Crippen LogP contribution >= 0.6 is 34.2 Å². The molecule has 1 saturated heterocycles. The summed E-state index contributed by atoms with van der Waals surface area (Å²) in [6, 6.07) is 5.10. The zero-order valence-electron chi connectivity index (χ0n) is 19.0. The topological polar surface area (TPSA) is 113 Å². The SMILES string of the molecule is CC1CN(CC(=O)NC2C3CC4CC2CC(C(N)=O)(C4)C3)S(=O)(=O)N(c2ccc(Cl)cc2I)C1. The Morgan fingerprint density at radius 3 is 2.50 bits per heavy atom. The minimum Gasteiger partial charge on any atom is -0.369 e. The van der Waals surface area contributed by atoms with Crippen LogP contribution in [0.1, 0.15) is 39.0 Å². The van der Waals surface area contributed by atoms with Gasteiger partial charge in [0.25, 0.3) is 0 Å². The maximum absolute atomic E-state index is 13.5. The predicted molar refractivity (Wildman–Crippen MR) is 138 cm³/mol. The van der Waals surface area contributed by atoms with Crippen LogP contribution in [0.5, 0.6) is 0 Å². The summed E-state index contributed by atoms with van der Waals surface area (Å²) in [5.41, 5.74) is 5.92. The number of halogens is 2. The first-order valence-electron chi connectivity index (χ1n) is 11.8. The van der Waals surface area contributed by atoms with Gasteiger partial charge in [-0.25, -0.2) is 0 Å². The van der Waals surface area contributed by atoms with Crippen molar-refractivity contribution in [1.82, 2.24) is 9.62 Å². The second-order valence-electron chi connectivity index (χ2n) is 10.7. The molecule has 3 atom stereocenters. The van der Waals surface area contributed by atoms with Gasteiger partial charge in [-0.1, -0.05) is 18.5 Å². The minimum atomic E-state index is -3.87. The Balaban J connectivity index is 1.30. The van der Waals surface area contributed by atoms with E-state index in [4.69, 9.17) is 17.3 Å². The third-order valence-electron chi connectivity index (χ3n) is 8.22. The van der Waals surface area contributed by atoms with Crippen LogP contribution in [0, 0.1) is 32.7 Å². The molecule has 5 aliphatic rings. The van der Waals surface area contributed by atoms with Crippen molar-refractivity contribution in [1.29, 1.82) is 0 Å². The van der Waals surface area contributed by atoms with Crippen LogP contribution in [0.15, 0.2) is 18.2 Å². The average Bonchev–Trinajstić information content (AvgIpc) is 2.73. The molecule has 1 heterocycles. The molecule has 34 heavy (non-hydrogen) atoms. The summed E-state index contributed by atoms with van der Waals surface area (Å²) < 4.78 is 30.3. The molecular weight excluding hydrogens is 591 g/mol. The Morgan fingerprint density at radius 1 is 1.21 bits per heavy atom. The molecule has 4 bridgehead atoms. The Kier molecular flexibility index (Phi) is 6.34. The summed E-state index contributed by atoms with van der Waals surface area (Å²) in [6.07, 6.45) is 4.32. The summed E-state index contributed by atoms with van der Waals surface area (Å²) in [5, 5.41) is 3.70. The van der Waals surface area contributed by atoms with Crippen LogP contribution in [0.2, 0.25) is 5.02 Å². The van der Waals surface area contributed by atoms with E-state index in [0.29, 0.717) is 29.7 Å². The summed E-state index contributed by atoms with van der Waals surface area (Å²) in [4.78, 5) is 25.3. The molecule has 0 aromatic heterocycles. The van der Waals surface area contributed by atoms with Gasteiger partial charge >= 0.3 is 10.2 Å². The largest absolute Gasteiger partial charge is 0.369 e. The number of benzene rings is 1. The number of nitrogens with two attached hydrogens (primary N) is 1. The number of nitrogens with zero attached hydrogens (tertiary/aromatic N) is 2. The Hall–Kier alpha value is -1.11. The van der Waals surface area contributed by atoms with Gasteiger partial charge in [-0.15, -0.1) is 0 Å². The zero-order valence-corrected chi connectivity index (χ0v) is 22.8. The summed E-state index contributed by atoms with van der Waals surface area (Å²) >= 11 is 8.15. The van der Waals surface area contributed by atoms with Crippen LogP contribution < -0.4 is 15.4 Å². The normalized spacial score (nSPS) is 36.4. The van der Waals surface area contributed by atoms with Crippen LogP contribution in [0.4, 0.5) is 5.69 Å². The van der Waals surface area contributed by atoms with Crippen LogP contribution in [-0.2, 0) is 19.8 Å². The highest BCUT2D eigenvalue weighted by atomic mass is 127. The highest BCUT2D eigenvalue weighted by molar-refractivity contribution is 14.1. The Labute approximate surface area is 219 Å². The van der Waals surface area contributed by atoms with Crippen molar-refractivity contribution in [3.8, 4) is 0 Å². The number of carbonyl (C=O) groups is 2. The molecule has 2 amide bonds. The molecule has 4 aliphatic carbocycles. The van der Waals surface area contributed by atoms with Crippen molar-refractivity contribution >= 4 is 61.9 Å². The minimum absolute atomic E-state index is 0.0187. The summed E-state index contributed by atoms with van der Waals surface area (Å²) in [6.45, 7) is 2.41. The van der Waals surface area contributed by atoms with Gasteiger partial charge in [0.2, 0.25) is 11.8 Å². The van der Waals surface area contributed by atoms with E-state index in [-0.39, 0.29) is 42.2 Å². The first-order chi connectivity index (χ1) is 16.0. The molecule has 6 rings (SSSR count). The summed E-state index contributed by atoms with van der Waals surface area (Å²) in [5.74, 6) is 0.519. The molecule has 11 heteroatoms. The maximum atomic E-state index is 13.5. The second-order valence-corrected chi connectivity index (χ2v) is 14.2. The van der Waals surface area contributed by atoms with Crippen LogP contribution in [-0.4, -0.2) is 50.2 Å². The van der Waals surface area contributed by atoms with Crippen LogP contribution in [0.25, 0.3) is 0 Å². The van der Waals surface area contributed by atoms with Gasteiger partial charge in [0.15, 0.2) is 0 Å². The van der Waals surface area contributed by atoms with E-state index in [1.165, 1.54) is 8.61 Å². The number of amides is 2. The van der Waals surface area contributed by atoms with Crippen molar-refractivity contribution in [3.05, 3.63) is 26.8 Å². The standard InChI is InChI=1S/C23H30ClIN4O4S/c1-13-10-28(34(32,33)29(11-13)19-3-2-17(24)6-18(19)25)12-20(30)27-21-15-4-14-5-16(21)9-23(7-14,8-15)22(26)31/h2-3,6,13-16,21H,4-5,7-12H2,1H3,(H2,26,31)(H,27,30). The Morgan fingerprint density at radius 2 is 1.88 bits per heavy atom. The predicted octanol–water partition coefficient (Wildman–Crippen LogP) is 2.74. The molecular formula is C23H30ClIN4O4S. The van der Waals surface area contributed by atoms with Crippen molar-refractivity contribution in [2.75, 3.05) is 23.9 Å². The second kappa shape index (κ2) is 8.77. The quantitative estimate of drug-likeness (QED) is 0.493. The van der Waals surface area contributed by atoms with E-state index in [1.807, 2.05) is 6.92 Å². The van der Waals surface area contributed by atoms with E-state index in [9.17, 15) is 18.0 Å². The van der Waals surface area contributed by atoms with E-state index in [2.05, 4.69) is 27.9 Å². The molecule has 3 unspecified atom stereocenters. The fourth-order valence-electron chi connectivity index (χ4n) is 7.02. The fraction of sp³-hybridized carbons (Fsp3) is 0.652. The maximum Gasteiger partial charge on any atom is 0.304 e. The van der Waals surface area contributed by atoms with Gasteiger partial charge in [-0.2, -0.15) is 12.7 Å². The number of hydrogen-bond acceptors (Lipinski definition) is 4. The van der Waals surface area contributed by atoms with Crippen molar-refractivity contribution < 1.29 is 18.0 Å². The van der Waals surface area contributed by atoms with E-state index in [0.717, 1.165) is 35.7 Å². The number of anilines is 1. The lowest BCUT2D eigenvalue weighted by Crippen LogP contribution is -2.63. The first-order valence-corrected chi connectivity index (χ1v) is 14.7. The van der Waals surface area contributed by atoms with E-state index < -0.39 is 15.6 Å². The average molecular weight is 621 g/mol. The Bertz CT molecular complexity index is 1120. The molecule has 5 fully saturated rings. The number of nitrogens with one attached hydrogen (secondary N) is 1. The monoisotopic (exact) mass is 620 g/mol. The third kappa shape index (κ3) is 4.22. The third-order valence-corrected chi connectivity index (χ3v) is 11.2. The van der Waals surface area contributed by atoms with E-state index in [1.54, 1.807) is 18.2 Å². The van der Waals surface area contributed by atoms with Gasteiger partial charge in [-0.05, 0) is 96.6 Å². The highest BCUT2D eigenvalue weighted by Gasteiger charge is 2.58. The number of primary amides is 1. The summed E-state index contributed by atoms with van der Waals surface area (Å²) in [7, 11) is -3.87. The van der Waals surface area contributed by atoms with Crippen LogP contribution in [0.3, 0.4) is 0 Å².